The minimum atomic E-state index is -0.775. The maximum atomic E-state index is 10.0. The van der Waals surface area contributed by atoms with Crippen molar-refractivity contribution in [1.82, 2.24) is 0 Å². The number of hydrogen-bond acceptors (Lipinski definition) is 2. The van der Waals surface area contributed by atoms with E-state index < -0.39 is 5.60 Å². The molecule has 3 heteroatoms. The summed E-state index contributed by atoms with van der Waals surface area (Å²) in [5, 5.41) is 19.9. The summed E-state index contributed by atoms with van der Waals surface area (Å²) in [7, 11) is 0. The molecule has 2 nitrogen and oxygen atoms in total. The molecule has 0 aliphatic heterocycles. The quantitative estimate of drug-likeness (QED) is 0.812. The van der Waals surface area contributed by atoms with Crippen molar-refractivity contribution in [1.29, 1.82) is 0 Å². The fourth-order valence-electron chi connectivity index (χ4n) is 1.80. The van der Waals surface area contributed by atoms with E-state index in [1.54, 1.807) is 0 Å². The predicted molar refractivity (Wildman–Crippen MR) is 58.4 cm³/mol. The molecular weight excluding hydrogens is 244 g/mol. The molecule has 14 heavy (non-hydrogen) atoms. The van der Waals surface area contributed by atoms with Crippen LogP contribution in [0, 0.1) is 13.8 Å². The van der Waals surface area contributed by atoms with Crippen LogP contribution < -0.4 is 0 Å². The monoisotopic (exact) mass is 256 g/mol. The highest BCUT2D eigenvalue weighted by Crippen LogP contribution is 2.51. The summed E-state index contributed by atoms with van der Waals surface area (Å²) in [6.07, 6.45) is 1.49. The molecule has 1 aliphatic carbocycles. The van der Waals surface area contributed by atoms with E-state index in [9.17, 15) is 10.2 Å². The van der Waals surface area contributed by atoms with Gasteiger partial charge in [0.2, 0.25) is 0 Å². The second kappa shape index (κ2) is 2.97. The van der Waals surface area contributed by atoms with Gasteiger partial charge in [0.1, 0.15) is 5.75 Å². The van der Waals surface area contributed by atoms with Crippen molar-refractivity contribution in [2.75, 3.05) is 0 Å². The van der Waals surface area contributed by atoms with Crippen molar-refractivity contribution in [2.24, 2.45) is 0 Å². The van der Waals surface area contributed by atoms with Crippen molar-refractivity contribution in [3.8, 4) is 5.75 Å². The number of aryl methyl sites for hydroxylation is 1. The molecule has 1 saturated carbocycles. The molecule has 0 saturated heterocycles. The van der Waals surface area contributed by atoms with Crippen molar-refractivity contribution in [3.63, 3.8) is 0 Å². The summed E-state index contributed by atoms with van der Waals surface area (Å²) in [6, 6.07) is 1.87. The Morgan fingerprint density at radius 1 is 1.36 bits per heavy atom. The number of rotatable bonds is 1. The minimum absolute atomic E-state index is 0.241. The number of phenolic OH excluding ortho intramolecular Hbond substituents is 1. The topological polar surface area (TPSA) is 40.5 Å². The molecule has 76 valence electrons. The molecule has 0 aromatic heterocycles. The van der Waals surface area contributed by atoms with Gasteiger partial charge in [-0.1, -0.05) is 15.9 Å². The SMILES string of the molecule is Cc1cc(Br)c(C)c(C2(O)CC2)c1O. The van der Waals surface area contributed by atoms with Gasteiger partial charge in [-0.3, -0.25) is 0 Å². The summed E-state index contributed by atoms with van der Waals surface area (Å²) < 4.78 is 0.947. The molecule has 0 unspecified atom stereocenters. The molecular formula is C11H13BrO2. The van der Waals surface area contributed by atoms with E-state index >= 15 is 0 Å². The van der Waals surface area contributed by atoms with Gasteiger partial charge in [0, 0.05) is 10.0 Å². The Kier molecular flexibility index (Phi) is 2.12. The Bertz CT molecular complexity index is 369. The second-order valence-corrected chi connectivity index (χ2v) is 4.91. The van der Waals surface area contributed by atoms with Crippen LogP contribution in [0.1, 0.15) is 29.5 Å². The van der Waals surface area contributed by atoms with Gasteiger partial charge in [-0.25, -0.2) is 0 Å². The Hall–Kier alpha value is -0.540. The molecule has 1 aliphatic rings. The summed E-state index contributed by atoms with van der Waals surface area (Å²) in [4.78, 5) is 0. The Morgan fingerprint density at radius 2 is 1.93 bits per heavy atom. The molecule has 2 rings (SSSR count). The van der Waals surface area contributed by atoms with Crippen molar-refractivity contribution in [3.05, 3.63) is 27.2 Å². The van der Waals surface area contributed by atoms with E-state index in [-0.39, 0.29) is 5.75 Å². The lowest BCUT2D eigenvalue weighted by molar-refractivity contribution is 0.147. The highest BCUT2D eigenvalue weighted by molar-refractivity contribution is 9.10. The highest BCUT2D eigenvalue weighted by Gasteiger charge is 2.45. The summed E-state index contributed by atoms with van der Waals surface area (Å²) in [6.45, 7) is 3.75. The first-order valence-electron chi connectivity index (χ1n) is 4.67. The van der Waals surface area contributed by atoms with E-state index in [2.05, 4.69) is 15.9 Å². The molecule has 1 aromatic rings. The first-order valence-corrected chi connectivity index (χ1v) is 5.46. The van der Waals surface area contributed by atoms with Crippen LogP contribution in [0.25, 0.3) is 0 Å². The minimum Gasteiger partial charge on any atom is -0.507 e. The van der Waals surface area contributed by atoms with Gasteiger partial charge in [-0.05, 0) is 43.9 Å². The Labute approximate surface area is 91.7 Å². The zero-order valence-electron chi connectivity index (χ0n) is 8.26. The number of hydrogen-bond donors (Lipinski definition) is 2. The van der Waals surface area contributed by atoms with E-state index in [4.69, 9.17) is 0 Å². The van der Waals surface area contributed by atoms with E-state index in [1.165, 1.54) is 0 Å². The highest BCUT2D eigenvalue weighted by atomic mass is 79.9. The molecule has 0 amide bonds. The number of aromatic hydroxyl groups is 1. The van der Waals surface area contributed by atoms with Gasteiger partial charge in [0.25, 0.3) is 0 Å². The third-order valence-corrected chi connectivity index (χ3v) is 3.70. The summed E-state index contributed by atoms with van der Waals surface area (Å²) in [5.41, 5.74) is 1.66. The molecule has 1 fully saturated rings. The molecule has 0 atom stereocenters. The van der Waals surface area contributed by atoms with Gasteiger partial charge in [-0.15, -0.1) is 0 Å². The third kappa shape index (κ3) is 1.35. The standard InChI is InChI=1S/C11H13BrO2/c1-6-5-8(12)7(2)9(10(6)13)11(14)3-4-11/h5,13-14H,3-4H2,1-2H3. The molecule has 0 spiro atoms. The normalized spacial score (nSPS) is 18.3. The zero-order chi connectivity index (χ0) is 10.5. The van der Waals surface area contributed by atoms with Crippen LogP contribution in [0.4, 0.5) is 0 Å². The number of aliphatic hydroxyl groups is 1. The zero-order valence-corrected chi connectivity index (χ0v) is 9.85. The van der Waals surface area contributed by atoms with E-state index in [1.807, 2.05) is 19.9 Å². The molecule has 2 N–H and O–H groups in total. The van der Waals surface area contributed by atoms with Crippen molar-refractivity contribution in [2.45, 2.75) is 32.3 Å². The van der Waals surface area contributed by atoms with Gasteiger partial charge >= 0.3 is 0 Å². The van der Waals surface area contributed by atoms with E-state index in [0.717, 1.165) is 28.4 Å². The smallest absolute Gasteiger partial charge is 0.124 e. The molecule has 1 aromatic carbocycles. The van der Waals surface area contributed by atoms with Crippen LogP contribution in [0.15, 0.2) is 10.5 Å². The largest absolute Gasteiger partial charge is 0.507 e. The first kappa shape index (κ1) is 9.99. The maximum Gasteiger partial charge on any atom is 0.124 e. The van der Waals surface area contributed by atoms with E-state index in [0.29, 0.717) is 5.56 Å². The van der Waals surface area contributed by atoms with Crippen LogP contribution in [0.2, 0.25) is 0 Å². The van der Waals surface area contributed by atoms with Gasteiger partial charge in [0.05, 0.1) is 5.60 Å². The number of phenols is 1. The van der Waals surface area contributed by atoms with Gasteiger partial charge < -0.3 is 10.2 Å². The lowest BCUT2D eigenvalue weighted by atomic mass is 9.97. The van der Waals surface area contributed by atoms with Crippen LogP contribution >= 0.6 is 15.9 Å². The number of benzene rings is 1. The number of halogens is 1. The fourth-order valence-corrected chi connectivity index (χ4v) is 2.34. The van der Waals surface area contributed by atoms with Crippen LogP contribution in [-0.2, 0) is 5.60 Å². The van der Waals surface area contributed by atoms with Crippen LogP contribution in [0.5, 0.6) is 5.75 Å². The van der Waals surface area contributed by atoms with Gasteiger partial charge in [-0.2, -0.15) is 0 Å². The average molecular weight is 257 g/mol. The van der Waals surface area contributed by atoms with Gasteiger partial charge in [0.15, 0.2) is 0 Å². The van der Waals surface area contributed by atoms with Crippen LogP contribution in [0.3, 0.4) is 0 Å². The van der Waals surface area contributed by atoms with Crippen molar-refractivity contribution < 1.29 is 10.2 Å². The summed E-state index contributed by atoms with van der Waals surface area (Å²) in [5.74, 6) is 0.241. The Morgan fingerprint density at radius 3 is 2.43 bits per heavy atom. The summed E-state index contributed by atoms with van der Waals surface area (Å²) >= 11 is 3.43. The lowest BCUT2D eigenvalue weighted by Crippen LogP contribution is -2.08. The van der Waals surface area contributed by atoms with Crippen LogP contribution in [-0.4, -0.2) is 10.2 Å². The average Bonchev–Trinajstić information content (AvgIpc) is 2.81. The van der Waals surface area contributed by atoms with Crippen molar-refractivity contribution >= 4 is 15.9 Å². The predicted octanol–water partition coefficient (Wildman–Crippen LogP) is 2.75. The maximum absolute atomic E-state index is 10.0. The molecule has 0 bridgehead atoms. The first-order chi connectivity index (χ1) is 6.46. The second-order valence-electron chi connectivity index (χ2n) is 4.06. The Balaban J connectivity index is 2.68. The lowest BCUT2D eigenvalue weighted by Gasteiger charge is -2.17. The molecule has 0 radical (unpaired) electrons. The third-order valence-electron chi connectivity index (χ3n) is 2.88. The molecule has 0 heterocycles. The fraction of sp³-hybridized carbons (Fsp3) is 0.455.